The van der Waals surface area contributed by atoms with Gasteiger partial charge in [0.15, 0.2) is 0 Å². The molecular formula is C13H22N2O4. The fourth-order valence-electron chi connectivity index (χ4n) is 1.90. The molecule has 0 saturated carbocycles. The van der Waals surface area contributed by atoms with Gasteiger partial charge in [-0.1, -0.05) is 6.58 Å². The lowest BCUT2D eigenvalue weighted by molar-refractivity contribution is -0.140. The van der Waals surface area contributed by atoms with Crippen LogP contribution in [0.4, 0.5) is 4.79 Å². The summed E-state index contributed by atoms with van der Waals surface area (Å²) in [4.78, 5) is 24.2. The lowest BCUT2D eigenvalue weighted by Gasteiger charge is -2.31. The molecule has 1 heterocycles. The highest BCUT2D eigenvalue weighted by Crippen LogP contribution is 2.13. The maximum Gasteiger partial charge on any atom is 0.330 e. The van der Waals surface area contributed by atoms with Crippen molar-refractivity contribution in [1.82, 2.24) is 10.2 Å². The van der Waals surface area contributed by atoms with Gasteiger partial charge in [0.2, 0.25) is 0 Å². The van der Waals surface area contributed by atoms with Crippen molar-refractivity contribution in [3.63, 3.8) is 0 Å². The average Bonchev–Trinajstić information content (AvgIpc) is 2.44. The molecule has 6 heteroatoms. The summed E-state index contributed by atoms with van der Waals surface area (Å²) in [7, 11) is 0. The van der Waals surface area contributed by atoms with Gasteiger partial charge in [-0.15, -0.1) is 0 Å². The van der Waals surface area contributed by atoms with Gasteiger partial charge < -0.3 is 19.7 Å². The quantitative estimate of drug-likeness (QED) is 0.443. The number of rotatable bonds is 6. The minimum absolute atomic E-state index is 0.0131. The van der Waals surface area contributed by atoms with E-state index in [0.717, 1.165) is 18.9 Å². The first-order chi connectivity index (χ1) is 9.17. The number of carbonyl (C=O) groups is 2. The predicted octanol–water partition coefficient (Wildman–Crippen LogP) is 0.926. The summed E-state index contributed by atoms with van der Waals surface area (Å²) >= 11 is 0. The number of nitrogens with zero attached hydrogens (tertiary/aromatic N) is 1. The van der Waals surface area contributed by atoms with E-state index in [4.69, 9.17) is 9.47 Å². The van der Waals surface area contributed by atoms with E-state index in [1.165, 1.54) is 0 Å². The number of esters is 1. The molecule has 1 aliphatic heterocycles. The van der Waals surface area contributed by atoms with Gasteiger partial charge >= 0.3 is 12.0 Å². The number of hydrogen-bond acceptors (Lipinski definition) is 4. The topological polar surface area (TPSA) is 67.9 Å². The van der Waals surface area contributed by atoms with E-state index >= 15 is 0 Å². The zero-order chi connectivity index (χ0) is 14.1. The second-order valence-corrected chi connectivity index (χ2v) is 4.26. The Morgan fingerprint density at radius 1 is 1.37 bits per heavy atom. The molecule has 0 spiro atoms. The van der Waals surface area contributed by atoms with Crippen molar-refractivity contribution in [3.05, 3.63) is 12.7 Å². The molecule has 19 heavy (non-hydrogen) atoms. The summed E-state index contributed by atoms with van der Waals surface area (Å²) in [6.07, 6.45) is 2.89. The maximum absolute atomic E-state index is 11.6. The van der Waals surface area contributed by atoms with Gasteiger partial charge in [0.1, 0.15) is 6.61 Å². The maximum atomic E-state index is 11.6. The number of ether oxygens (including phenoxy) is 2. The van der Waals surface area contributed by atoms with Gasteiger partial charge in [-0.3, -0.25) is 0 Å². The van der Waals surface area contributed by atoms with Crippen LogP contribution in [0.2, 0.25) is 0 Å². The molecule has 0 aromatic carbocycles. The summed E-state index contributed by atoms with van der Waals surface area (Å²) in [6, 6.07) is -0.0131. The zero-order valence-electron chi connectivity index (χ0n) is 11.4. The highest BCUT2D eigenvalue weighted by molar-refractivity contribution is 5.81. The van der Waals surface area contributed by atoms with Gasteiger partial charge in [-0.05, 0) is 19.8 Å². The third-order valence-electron chi connectivity index (χ3n) is 2.91. The number of amides is 2. The van der Waals surface area contributed by atoms with E-state index in [9.17, 15) is 9.59 Å². The summed E-state index contributed by atoms with van der Waals surface area (Å²) in [5.74, 6) is -0.436. The Morgan fingerprint density at radius 2 is 2.05 bits per heavy atom. The molecule has 0 radical (unpaired) electrons. The monoisotopic (exact) mass is 270 g/mol. The van der Waals surface area contributed by atoms with Crippen molar-refractivity contribution in [3.8, 4) is 0 Å². The number of piperidine rings is 1. The van der Waals surface area contributed by atoms with E-state index in [-0.39, 0.29) is 18.7 Å². The molecule has 1 fully saturated rings. The molecule has 1 saturated heterocycles. The summed E-state index contributed by atoms with van der Waals surface area (Å²) in [6.45, 7) is 7.87. The van der Waals surface area contributed by atoms with Gasteiger partial charge in [0, 0.05) is 25.7 Å². The van der Waals surface area contributed by atoms with E-state index < -0.39 is 5.97 Å². The molecule has 0 unspecified atom stereocenters. The lowest BCUT2D eigenvalue weighted by Crippen LogP contribution is -2.46. The van der Waals surface area contributed by atoms with E-state index in [0.29, 0.717) is 26.2 Å². The number of carbonyl (C=O) groups excluding carboxylic acids is 2. The Hall–Kier alpha value is -1.56. The molecule has 2 amide bonds. The minimum atomic E-state index is -0.436. The zero-order valence-corrected chi connectivity index (χ0v) is 11.4. The van der Waals surface area contributed by atoms with Crippen LogP contribution in [0.3, 0.4) is 0 Å². The van der Waals surface area contributed by atoms with Crippen molar-refractivity contribution in [2.75, 3.05) is 32.8 Å². The van der Waals surface area contributed by atoms with Crippen molar-refractivity contribution >= 4 is 12.0 Å². The second-order valence-electron chi connectivity index (χ2n) is 4.26. The van der Waals surface area contributed by atoms with Crippen LogP contribution in [0.5, 0.6) is 0 Å². The van der Waals surface area contributed by atoms with Crippen LogP contribution < -0.4 is 5.32 Å². The molecule has 0 aliphatic carbocycles. The lowest BCUT2D eigenvalue weighted by atomic mass is 10.1. The van der Waals surface area contributed by atoms with Gasteiger partial charge in [-0.25, -0.2) is 9.59 Å². The van der Waals surface area contributed by atoms with Crippen LogP contribution in [0.25, 0.3) is 0 Å². The van der Waals surface area contributed by atoms with Crippen molar-refractivity contribution in [2.24, 2.45) is 0 Å². The number of nitrogens with one attached hydrogen (secondary N) is 1. The third-order valence-corrected chi connectivity index (χ3v) is 2.91. The number of urea groups is 1. The van der Waals surface area contributed by atoms with Crippen LogP contribution in [0.15, 0.2) is 12.7 Å². The van der Waals surface area contributed by atoms with Crippen LogP contribution in [-0.2, 0) is 14.3 Å². The van der Waals surface area contributed by atoms with Crippen molar-refractivity contribution in [2.45, 2.75) is 25.9 Å². The number of likely N-dealkylation sites (tertiary alicyclic amines) is 1. The fourth-order valence-corrected chi connectivity index (χ4v) is 1.90. The highest BCUT2D eigenvalue weighted by atomic mass is 16.6. The van der Waals surface area contributed by atoms with Gasteiger partial charge in [-0.2, -0.15) is 0 Å². The van der Waals surface area contributed by atoms with Crippen LogP contribution in [0, 0.1) is 0 Å². The first-order valence-corrected chi connectivity index (χ1v) is 6.61. The average molecular weight is 270 g/mol. The Kier molecular flexibility index (Phi) is 6.95. The van der Waals surface area contributed by atoms with E-state index in [2.05, 4.69) is 11.9 Å². The fraction of sp³-hybridized carbons (Fsp3) is 0.692. The Labute approximate surface area is 113 Å². The number of hydrogen-bond donors (Lipinski definition) is 1. The molecule has 1 N–H and O–H groups in total. The highest BCUT2D eigenvalue weighted by Gasteiger charge is 2.22. The smallest absolute Gasteiger partial charge is 0.330 e. The molecule has 0 atom stereocenters. The molecular weight excluding hydrogens is 248 g/mol. The van der Waals surface area contributed by atoms with E-state index in [1.54, 1.807) is 4.90 Å². The minimum Gasteiger partial charge on any atom is -0.460 e. The van der Waals surface area contributed by atoms with Crippen molar-refractivity contribution in [1.29, 1.82) is 0 Å². The summed E-state index contributed by atoms with van der Waals surface area (Å²) < 4.78 is 10.4. The predicted molar refractivity (Wildman–Crippen MR) is 70.8 cm³/mol. The largest absolute Gasteiger partial charge is 0.460 e. The molecule has 0 aromatic heterocycles. The first kappa shape index (κ1) is 15.5. The van der Waals surface area contributed by atoms with E-state index in [1.807, 2.05) is 6.92 Å². The molecule has 108 valence electrons. The normalized spacial score (nSPS) is 15.9. The Balaban J connectivity index is 2.11. The summed E-state index contributed by atoms with van der Waals surface area (Å²) in [5.41, 5.74) is 0. The molecule has 0 bridgehead atoms. The first-order valence-electron chi connectivity index (χ1n) is 6.61. The standard InChI is InChI=1S/C13H22N2O4/c1-3-12(16)19-10-9-18-11-5-7-15(8-6-11)13(17)14-4-2/h3,11H,1,4-10H2,2H3,(H,14,17). The van der Waals surface area contributed by atoms with Crippen molar-refractivity contribution < 1.29 is 19.1 Å². The third kappa shape index (κ3) is 5.74. The van der Waals surface area contributed by atoms with Crippen LogP contribution >= 0.6 is 0 Å². The van der Waals surface area contributed by atoms with Crippen LogP contribution in [0.1, 0.15) is 19.8 Å². The molecule has 6 nitrogen and oxygen atoms in total. The molecule has 1 rings (SSSR count). The molecule has 0 aromatic rings. The second kappa shape index (κ2) is 8.53. The Morgan fingerprint density at radius 3 is 2.63 bits per heavy atom. The SMILES string of the molecule is C=CC(=O)OCCOC1CCN(C(=O)NCC)CC1. The summed E-state index contributed by atoms with van der Waals surface area (Å²) in [5, 5.41) is 2.78. The van der Waals surface area contributed by atoms with Gasteiger partial charge in [0.05, 0.1) is 12.7 Å². The molecule has 1 aliphatic rings. The Bertz CT molecular complexity index is 312. The van der Waals surface area contributed by atoms with Crippen LogP contribution in [-0.4, -0.2) is 55.9 Å². The van der Waals surface area contributed by atoms with Gasteiger partial charge in [0.25, 0.3) is 0 Å².